The Kier molecular flexibility index (Phi) is 9.35. The van der Waals surface area contributed by atoms with Gasteiger partial charge in [0.15, 0.2) is 0 Å². The van der Waals surface area contributed by atoms with Crippen molar-refractivity contribution in [3.63, 3.8) is 0 Å². The Morgan fingerprint density at radius 1 is 1.21 bits per heavy atom. The Balaban J connectivity index is 0.000000934. The smallest absolute Gasteiger partial charge is 0.350 e. The molecular formula is C25H25F2N7O4. The summed E-state index contributed by atoms with van der Waals surface area (Å²) in [5.41, 5.74) is 6.49. The number of halogens is 2. The van der Waals surface area contributed by atoms with Gasteiger partial charge in [0.05, 0.1) is 5.92 Å². The first-order chi connectivity index (χ1) is 18.2. The van der Waals surface area contributed by atoms with Crippen LogP contribution in [-0.2, 0) is 11.2 Å². The molecule has 1 atom stereocenters. The molecule has 5 N–H and O–H groups in total. The SMILES string of the molecule is CC(=O)O.N=C(N)c1ccc(CC(c2nn(-c3ncccn3)c(=O)[nH]2)c2cc(OCCF)ccc2F)cc1. The van der Waals surface area contributed by atoms with Crippen LogP contribution in [0, 0.1) is 11.2 Å². The number of hydrogen-bond acceptors (Lipinski definition) is 7. The molecule has 13 heteroatoms. The van der Waals surface area contributed by atoms with E-state index in [-0.39, 0.29) is 36.2 Å². The standard InChI is InChI=1S/C23H21F2N7O2.C2H4O2/c24-8-11-34-16-6-7-19(25)17(13-16)18(12-14-2-4-15(5-3-14)20(26)27)21-30-23(33)32(31-21)22-28-9-1-10-29-22;1-2(3)4/h1-7,9-10,13,18H,8,11-12H2,(H3,26,27)(H,30,31,33);1H3,(H,3,4). The van der Waals surface area contributed by atoms with E-state index < -0.39 is 30.1 Å². The predicted octanol–water partition coefficient (Wildman–Crippen LogP) is 2.59. The number of aromatic nitrogens is 5. The van der Waals surface area contributed by atoms with Gasteiger partial charge in [0.25, 0.3) is 11.9 Å². The highest BCUT2D eigenvalue weighted by atomic mass is 19.1. The highest BCUT2D eigenvalue weighted by Gasteiger charge is 2.25. The lowest BCUT2D eigenvalue weighted by atomic mass is 9.90. The average molecular weight is 526 g/mol. The quantitative estimate of drug-likeness (QED) is 0.191. The number of rotatable bonds is 9. The van der Waals surface area contributed by atoms with E-state index in [4.69, 9.17) is 25.8 Å². The van der Waals surface area contributed by atoms with Crippen LogP contribution in [0.5, 0.6) is 5.75 Å². The first-order valence-corrected chi connectivity index (χ1v) is 11.3. The number of aromatic amines is 1. The Bertz CT molecular complexity index is 1440. The van der Waals surface area contributed by atoms with Crippen LogP contribution < -0.4 is 16.2 Å². The molecule has 0 spiro atoms. The largest absolute Gasteiger partial charge is 0.491 e. The fourth-order valence-electron chi connectivity index (χ4n) is 3.48. The lowest BCUT2D eigenvalue weighted by Gasteiger charge is -2.17. The Labute approximate surface area is 215 Å². The molecule has 198 valence electrons. The lowest BCUT2D eigenvalue weighted by Crippen LogP contribution is -2.18. The van der Waals surface area contributed by atoms with Gasteiger partial charge in [0.1, 0.15) is 36.5 Å². The zero-order valence-electron chi connectivity index (χ0n) is 20.3. The number of carboxylic acids is 1. The van der Waals surface area contributed by atoms with Crippen LogP contribution in [0.4, 0.5) is 8.78 Å². The number of nitrogen functional groups attached to an aromatic ring is 1. The van der Waals surface area contributed by atoms with Gasteiger partial charge in [0, 0.05) is 30.4 Å². The molecule has 11 nitrogen and oxygen atoms in total. The number of benzene rings is 2. The van der Waals surface area contributed by atoms with E-state index in [1.165, 1.54) is 30.6 Å². The van der Waals surface area contributed by atoms with Gasteiger partial charge in [0.2, 0.25) is 0 Å². The third kappa shape index (κ3) is 7.29. The number of aliphatic carboxylic acids is 1. The van der Waals surface area contributed by atoms with Crippen molar-refractivity contribution < 1.29 is 23.4 Å². The number of hydrogen-bond donors (Lipinski definition) is 4. The molecule has 0 fully saturated rings. The summed E-state index contributed by atoms with van der Waals surface area (Å²) in [6, 6.07) is 12.6. The minimum atomic E-state index is -0.833. The second-order valence-corrected chi connectivity index (χ2v) is 7.88. The molecule has 4 aromatic rings. The van der Waals surface area contributed by atoms with E-state index in [0.717, 1.165) is 17.2 Å². The number of nitrogens with two attached hydrogens (primary N) is 1. The molecule has 0 bridgehead atoms. The fraction of sp³-hybridized carbons (Fsp3) is 0.200. The maximum absolute atomic E-state index is 15.0. The minimum absolute atomic E-state index is 0.0695. The monoisotopic (exact) mass is 525 g/mol. The third-order valence-corrected chi connectivity index (χ3v) is 5.10. The molecule has 0 amide bonds. The molecule has 4 rings (SSSR count). The highest BCUT2D eigenvalue weighted by molar-refractivity contribution is 5.94. The summed E-state index contributed by atoms with van der Waals surface area (Å²) in [6.45, 7) is 0.229. The molecule has 0 aliphatic rings. The van der Waals surface area contributed by atoms with Gasteiger partial charge in [-0.1, -0.05) is 24.3 Å². The predicted molar refractivity (Wildman–Crippen MR) is 134 cm³/mol. The minimum Gasteiger partial charge on any atom is -0.491 e. The van der Waals surface area contributed by atoms with E-state index in [1.54, 1.807) is 30.3 Å². The van der Waals surface area contributed by atoms with Gasteiger partial charge >= 0.3 is 5.69 Å². The van der Waals surface area contributed by atoms with Crippen LogP contribution in [-0.4, -0.2) is 54.9 Å². The molecule has 38 heavy (non-hydrogen) atoms. The van der Waals surface area contributed by atoms with Gasteiger partial charge < -0.3 is 15.6 Å². The Morgan fingerprint density at radius 2 is 1.87 bits per heavy atom. The molecule has 0 saturated carbocycles. The normalized spacial score (nSPS) is 11.2. The first-order valence-electron chi connectivity index (χ1n) is 11.3. The maximum atomic E-state index is 15.0. The summed E-state index contributed by atoms with van der Waals surface area (Å²) in [6.07, 6.45) is 3.20. The van der Waals surface area contributed by atoms with Gasteiger partial charge in [-0.25, -0.2) is 23.5 Å². The van der Waals surface area contributed by atoms with Crippen LogP contribution in [0.3, 0.4) is 0 Å². The van der Waals surface area contributed by atoms with Gasteiger partial charge in [-0.05, 0) is 36.2 Å². The molecule has 1 unspecified atom stereocenters. The summed E-state index contributed by atoms with van der Waals surface area (Å²) in [5.74, 6) is -1.62. The number of amidine groups is 1. The van der Waals surface area contributed by atoms with Crippen molar-refractivity contribution in [1.82, 2.24) is 24.7 Å². The Hall–Kier alpha value is -4.94. The van der Waals surface area contributed by atoms with Crippen molar-refractivity contribution >= 4 is 11.8 Å². The number of ether oxygens (including phenoxy) is 1. The molecule has 0 radical (unpaired) electrons. The van der Waals surface area contributed by atoms with Gasteiger partial charge in [-0.3, -0.25) is 15.2 Å². The maximum Gasteiger partial charge on any atom is 0.350 e. The van der Waals surface area contributed by atoms with E-state index >= 15 is 4.39 Å². The molecule has 2 aromatic carbocycles. The van der Waals surface area contributed by atoms with Crippen molar-refractivity contribution in [3.05, 3.63) is 99.7 Å². The Morgan fingerprint density at radius 3 is 2.47 bits per heavy atom. The van der Waals surface area contributed by atoms with E-state index in [9.17, 15) is 9.18 Å². The van der Waals surface area contributed by atoms with Crippen molar-refractivity contribution in [2.75, 3.05) is 13.3 Å². The van der Waals surface area contributed by atoms with E-state index in [2.05, 4.69) is 20.1 Å². The summed E-state index contributed by atoms with van der Waals surface area (Å²) >= 11 is 0. The fourth-order valence-corrected chi connectivity index (χ4v) is 3.48. The van der Waals surface area contributed by atoms with Crippen LogP contribution in [0.1, 0.15) is 35.4 Å². The second kappa shape index (κ2) is 12.9. The molecule has 2 aromatic heterocycles. The third-order valence-electron chi connectivity index (χ3n) is 5.10. The van der Waals surface area contributed by atoms with Crippen molar-refractivity contribution in [1.29, 1.82) is 5.41 Å². The molecule has 0 aliphatic heterocycles. The zero-order chi connectivity index (χ0) is 27.7. The molecule has 0 aliphatic carbocycles. The summed E-state index contributed by atoms with van der Waals surface area (Å²) < 4.78 is 33.9. The van der Waals surface area contributed by atoms with Crippen LogP contribution in [0.2, 0.25) is 0 Å². The van der Waals surface area contributed by atoms with E-state index in [1.807, 2.05) is 0 Å². The molecule has 2 heterocycles. The topological polar surface area (TPSA) is 173 Å². The number of alkyl halides is 1. The summed E-state index contributed by atoms with van der Waals surface area (Å²) in [5, 5.41) is 19.3. The van der Waals surface area contributed by atoms with Crippen LogP contribution in [0.15, 0.2) is 65.7 Å². The number of carboxylic acid groups (broad SMARTS) is 1. The lowest BCUT2D eigenvalue weighted by molar-refractivity contribution is -0.134. The van der Waals surface area contributed by atoms with Crippen LogP contribution in [0.25, 0.3) is 5.95 Å². The number of H-pyrrole nitrogens is 1. The number of nitrogens with one attached hydrogen (secondary N) is 2. The van der Waals surface area contributed by atoms with Crippen molar-refractivity contribution in [3.8, 4) is 11.7 Å². The van der Waals surface area contributed by atoms with Gasteiger partial charge in [-0.2, -0.15) is 0 Å². The molecular weight excluding hydrogens is 500 g/mol. The highest BCUT2D eigenvalue weighted by Crippen LogP contribution is 2.31. The average Bonchev–Trinajstić information content (AvgIpc) is 3.28. The van der Waals surface area contributed by atoms with E-state index in [0.29, 0.717) is 11.3 Å². The number of nitrogens with zero attached hydrogens (tertiary/aromatic N) is 4. The van der Waals surface area contributed by atoms with Crippen LogP contribution >= 0.6 is 0 Å². The second-order valence-electron chi connectivity index (χ2n) is 7.88. The van der Waals surface area contributed by atoms with Gasteiger partial charge in [-0.15, -0.1) is 9.78 Å². The summed E-state index contributed by atoms with van der Waals surface area (Å²) in [7, 11) is 0. The van der Waals surface area contributed by atoms with Crippen molar-refractivity contribution in [2.24, 2.45) is 5.73 Å². The van der Waals surface area contributed by atoms with Crippen molar-refractivity contribution in [2.45, 2.75) is 19.3 Å². The molecule has 0 saturated heterocycles. The zero-order valence-corrected chi connectivity index (χ0v) is 20.3. The first kappa shape index (κ1) is 27.6. The number of carbonyl (C=O) groups is 1. The summed E-state index contributed by atoms with van der Waals surface area (Å²) in [4.78, 5) is 32.4.